The molecule has 2 atom stereocenters. The quantitative estimate of drug-likeness (QED) is 0.911. The van der Waals surface area contributed by atoms with E-state index >= 15 is 0 Å². The summed E-state index contributed by atoms with van der Waals surface area (Å²) in [5.74, 6) is 0.552. The fourth-order valence-electron chi connectivity index (χ4n) is 2.60. The van der Waals surface area contributed by atoms with E-state index in [4.69, 9.17) is 17.3 Å². The first-order valence-electron chi connectivity index (χ1n) is 6.71. The van der Waals surface area contributed by atoms with Crippen molar-refractivity contribution in [3.05, 3.63) is 16.4 Å². The molecule has 0 bridgehead atoms. The van der Waals surface area contributed by atoms with Crippen LogP contribution in [0.4, 0.5) is 0 Å². The summed E-state index contributed by atoms with van der Waals surface area (Å²) in [7, 11) is 1.97. The monoisotopic (exact) mass is 270 g/mol. The van der Waals surface area contributed by atoms with Gasteiger partial charge in [-0.3, -0.25) is 9.58 Å². The number of piperidine rings is 1. The van der Waals surface area contributed by atoms with Crippen molar-refractivity contribution in [2.45, 2.75) is 39.3 Å². The highest BCUT2D eigenvalue weighted by Crippen LogP contribution is 2.24. The third-order valence-corrected chi connectivity index (χ3v) is 4.37. The van der Waals surface area contributed by atoms with Crippen LogP contribution in [0.2, 0.25) is 5.02 Å². The van der Waals surface area contributed by atoms with Crippen LogP contribution < -0.4 is 5.73 Å². The Morgan fingerprint density at radius 3 is 2.78 bits per heavy atom. The Kier molecular flexibility index (Phi) is 4.30. The summed E-state index contributed by atoms with van der Waals surface area (Å²) in [6.07, 6.45) is 1.95. The number of rotatable bonds is 3. The van der Waals surface area contributed by atoms with Gasteiger partial charge in [-0.2, -0.15) is 5.10 Å². The van der Waals surface area contributed by atoms with Crippen LogP contribution in [0.3, 0.4) is 0 Å². The van der Waals surface area contributed by atoms with Gasteiger partial charge in [-0.15, -0.1) is 0 Å². The summed E-state index contributed by atoms with van der Waals surface area (Å²) in [6, 6.07) is 0.342. The zero-order valence-electron chi connectivity index (χ0n) is 11.5. The third-order valence-electron chi connectivity index (χ3n) is 3.93. The maximum atomic E-state index is 6.38. The van der Waals surface area contributed by atoms with Gasteiger partial charge in [0.15, 0.2) is 0 Å². The van der Waals surface area contributed by atoms with E-state index in [9.17, 15) is 0 Å². The molecule has 0 amide bonds. The topological polar surface area (TPSA) is 47.1 Å². The SMILES string of the molecule is CCc1nn(C)c(CN2CCC(N)C(C)C2)c1Cl. The Hall–Kier alpha value is -0.580. The molecule has 0 aromatic carbocycles. The van der Waals surface area contributed by atoms with E-state index in [1.54, 1.807) is 0 Å². The van der Waals surface area contributed by atoms with Crippen LogP contribution in [0.1, 0.15) is 31.7 Å². The van der Waals surface area contributed by atoms with Gasteiger partial charge in [0.25, 0.3) is 0 Å². The number of halogens is 1. The largest absolute Gasteiger partial charge is 0.327 e. The fourth-order valence-corrected chi connectivity index (χ4v) is 2.95. The summed E-state index contributed by atoms with van der Waals surface area (Å²) in [5.41, 5.74) is 8.17. The predicted octanol–water partition coefficient (Wildman–Crippen LogP) is 1.81. The molecular weight excluding hydrogens is 248 g/mol. The van der Waals surface area contributed by atoms with E-state index in [0.29, 0.717) is 12.0 Å². The molecule has 0 aliphatic carbocycles. The summed E-state index contributed by atoms with van der Waals surface area (Å²) < 4.78 is 1.92. The zero-order chi connectivity index (χ0) is 13.3. The summed E-state index contributed by atoms with van der Waals surface area (Å²) >= 11 is 6.38. The Morgan fingerprint density at radius 1 is 1.50 bits per heavy atom. The van der Waals surface area contributed by atoms with Gasteiger partial charge in [-0.25, -0.2) is 0 Å². The minimum absolute atomic E-state index is 0.342. The molecule has 1 aromatic heterocycles. The number of aromatic nitrogens is 2. The van der Waals surface area contributed by atoms with Gasteiger partial charge in [0.1, 0.15) is 0 Å². The lowest BCUT2D eigenvalue weighted by Gasteiger charge is -2.35. The number of aryl methyl sites for hydroxylation is 2. The molecule has 2 heterocycles. The van der Waals surface area contributed by atoms with Crippen molar-refractivity contribution in [3.63, 3.8) is 0 Å². The summed E-state index contributed by atoms with van der Waals surface area (Å²) in [4.78, 5) is 2.43. The first-order chi connectivity index (χ1) is 8.52. The van der Waals surface area contributed by atoms with Crippen LogP contribution >= 0.6 is 11.6 Å². The molecule has 5 heteroatoms. The van der Waals surface area contributed by atoms with Crippen molar-refractivity contribution in [1.82, 2.24) is 14.7 Å². The number of nitrogens with zero attached hydrogens (tertiary/aromatic N) is 3. The molecule has 2 rings (SSSR count). The summed E-state index contributed by atoms with van der Waals surface area (Å²) in [5, 5.41) is 5.30. The third kappa shape index (κ3) is 2.71. The highest BCUT2D eigenvalue weighted by molar-refractivity contribution is 6.31. The van der Waals surface area contributed by atoms with Crippen LogP contribution in [0.15, 0.2) is 0 Å². The molecule has 2 N–H and O–H groups in total. The fraction of sp³-hybridized carbons (Fsp3) is 0.769. The molecule has 1 saturated heterocycles. The van der Waals surface area contributed by atoms with Gasteiger partial charge in [0, 0.05) is 32.7 Å². The first kappa shape index (κ1) is 13.8. The molecule has 0 radical (unpaired) electrons. The average Bonchev–Trinajstić information content (AvgIpc) is 2.61. The van der Waals surface area contributed by atoms with E-state index in [0.717, 1.165) is 48.9 Å². The maximum Gasteiger partial charge on any atom is 0.0863 e. The Balaban J connectivity index is 2.08. The van der Waals surface area contributed by atoms with E-state index in [-0.39, 0.29) is 0 Å². The lowest BCUT2D eigenvalue weighted by atomic mass is 9.95. The van der Waals surface area contributed by atoms with Crippen molar-refractivity contribution in [3.8, 4) is 0 Å². The molecular formula is C13H23ClN4. The number of nitrogens with two attached hydrogens (primary N) is 1. The molecule has 102 valence electrons. The normalized spacial score (nSPS) is 25.6. The standard InChI is InChI=1S/C13H23ClN4/c1-4-11-13(14)12(17(3)16-11)8-18-6-5-10(15)9(2)7-18/h9-10H,4-8,15H2,1-3H3. The zero-order valence-corrected chi connectivity index (χ0v) is 12.2. The van der Waals surface area contributed by atoms with Gasteiger partial charge >= 0.3 is 0 Å². The molecule has 1 fully saturated rings. The van der Waals surface area contributed by atoms with E-state index in [2.05, 4.69) is 23.8 Å². The van der Waals surface area contributed by atoms with Crippen LogP contribution in [0.5, 0.6) is 0 Å². The van der Waals surface area contributed by atoms with E-state index < -0.39 is 0 Å². The lowest BCUT2D eigenvalue weighted by molar-refractivity contribution is 0.154. The van der Waals surface area contributed by atoms with Gasteiger partial charge in [-0.05, 0) is 18.8 Å². The second kappa shape index (κ2) is 5.59. The highest BCUT2D eigenvalue weighted by Gasteiger charge is 2.25. The van der Waals surface area contributed by atoms with Crippen molar-refractivity contribution >= 4 is 11.6 Å². The Labute approximate surface area is 114 Å². The maximum absolute atomic E-state index is 6.38. The van der Waals surface area contributed by atoms with Gasteiger partial charge in [-0.1, -0.05) is 25.4 Å². The Bertz CT molecular complexity index is 415. The van der Waals surface area contributed by atoms with Gasteiger partial charge in [0.05, 0.1) is 16.4 Å². The second-order valence-corrected chi connectivity index (χ2v) is 5.73. The molecule has 1 aromatic rings. The summed E-state index contributed by atoms with van der Waals surface area (Å²) in [6.45, 7) is 7.27. The number of likely N-dealkylation sites (tertiary alicyclic amines) is 1. The van der Waals surface area contributed by atoms with Crippen LogP contribution in [0, 0.1) is 5.92 Å². The van der Waals surface area contributed by atoms with Crippen LogP contribution in [-0.4, -0.2) is 33.8 Å². The molecule has 18 heavy (non-hydrogen) atoms. The van der Waals surface area contributed by atoms with Crippen molar-refractivity contribution in [2.24, 2.45) is 18.7 Å². The number of hydrogen-bond acceptors (Lipinski definition) is 3. The molecule has 1 aliphatic heterocycles. The lowest BCUT2D eigenvalue weighted by Crippen LogP contribution is -2.45. The molecule has 0 spiro atoms. The van der Waals surface area contributed by atoms with Gasteiger partial charge < -0.3 is 5.73 Å². The molecule has 1 aliphatic rings. The molecule has 4 nitrogen and oxygen atoms in total. The average molecular weight is 271 g/mol. The van der Waals surface area contributed by atoms with Crippen LogP contribution in [0.25, 0.3) is 0 Å². The van der Waals surface area contributed by atoms with E-state index in [1.807, 2.05) is 11.7 Å². The Morgan fingerprint density at radius 2 is 2.22 bits per heavy atom. The minimum Gasteiger partial charge on any atom is -0.327 e. The van der Waals surface area contributed by atoms with Crippen molar-refractivity contribution < 1.29 is 0 Å². The highest BCUT2D eigenvalue weighted by atomic mass is 35.5. The van der Waals surface area contributed by atoms with E-state index in [1.165, 1.54) is 0 Å². The first-order valence-corrected chi connectivity index (χ1v) is 7.08. The van der Waals surface area contributed by atoms with Crippen molar-refractivity contribution in [2.75, 3.05) is 13.1 Å². The predicted molar refractivity (Wildman–Crippen MR) is 74.6 cm³/mol. The molecule has 0 saturated carbocycles. The number of hydrogen-bond donors (Lipinski definition) is 1. The minimum atomic E-state index is 0.342. The molecule has 2 unspecified atom stereocenters. The van der Waals surface area contributed by atoms with Gasteiger partial charge in [0.2, 0.25) is 0 Å². The van der Waals surface area contributed by atoms with Crippen LogP contribution in [-0.2, 0) is 20.0 Å². The smallest absolute Gasteiger partial charge is 0.0863 e. The second-order valence-electron chi connectivity index (χ2n) is 5.35. The van der Waals surface area contributed by atoms with Crippen molar-refractivity contribution in [1.29, 1.82) is 0 Å².